The van der Waals surface area contributed by atoms with Gasteiger partial charge in [0.2, 0.25) is 12.4 Å². The number of aromatic amines is 1. The number of hydrogen-bond acceptors (Lipinski definition) is 4. The first-order chi connectivity index (χ1) is 11.2. The van der Waals surface area contributed by atoms with Gasteiger partial charge in [-0.15, -0.1) is 0 Å². The first kappa shape index (κ1) is 13.9. The predicted molar refractivity (Wildman–Crippen MR) is 82.9 cm³/mol. The molecule has 0 saturated carbocycles. The van der Waals surface area contributed by atoms with Crippen LogP contribution >= 0.6 is 0 Å². The average molecular weight is 312 g/mol. The van der Waals surface area contributed by atoms with Crippen molar-refractivity contribution >= 4 is 5.91 Å². The Morgan fingerprint density at radius 3 is 2.78 bits per heavy atom. The molecule has 118 valence electrons. The topological polar surface area (TPSA) is 71.6 Å². The molecule has 2 aromatic rings. The zero-order chi connectivity index (χ0) is 15.8. The van der Waals surface area contributed by atoms with E-state index in [0.29, 0.717) is 36.6 Å². The number of rotatable bonds is 1. The minimum absolute atomic E-state index is 0.0292. The SMILES string of the molecule is O=C(c1ccc2c(c1)OCO2)N1CCc2ccc(=O)[nH]c2CC1. The Kier molecular flexibility index (Phi) is 3.29. The standard InChI is InChI=1S/C17H16N2O4/c20-16-4-2-11-5-7-19(8-6-13(11)18-16)17(21)12-1-3-14-15(9-12)23-10-22-14/h1-4,9H,5-8,10H2,(H,18,20). The number of ether oxygens (including phenoxy) is 2. The molecule has 0 saturated heterocycles. The summed E-state index contributed by atoms with van der Waals surface area (Å²) in [6.07, 6.45) is 1.39. The monoisotopic (exact) mass is 312 g/mol. The third-order valence-electron chi connectivity index (χ3n) is 4.29. The summed E-state index contributed by atoms with van der Waals surface area (Å²) in [7, 11) is 0. The summed E-state index contributed by atoms with van der Waals surface area (Å²) in [6.45, 7) is 1.41. The Morgan fingerprint density at radius 2 is 1.87 bits per heavy atom. The molecule has 6 nitrogen and oxygen atoms in total. The predicted octanol–water partition coefficient (Wildman–Crippen LogP) is 1.34. The van der Waals surface area contributed by atoms with Crippen molar-refractivity contribution in [3.05, 3.63) is 57.5 Å². The maximum atomic E-state index is 12.7. The molecule has 0 fully saturated rings. The lowest BCUT2D eigenvalue weighted by molar-refractivity contribution is 0.0762. The lowest BCUT2D eigenvalue weighted by Gasteiger charge is -2.20. The summed E-state index contributed by atoms with van der Waals surface area (Å²) < 4.78 is 10.6. The molecule has 0 atom stereocenters. The Hall–Kier alpha value is -2.76. The first-order valence-corrected chi connectivity index (χ1v) is 7.61. The summed E-state index contributed by atoms with van der Waals surface area (Å²) in [5.74, 6) is 1.25. The van der Waals surface area contributed by atoms with Gasteiger partial charge < -0.3 is 19.4 Å². The first-order valence-electron chi connectivity index (χ1n) is 7.61. The van der Waals surface area contributed by atoms with Gasteiger partial charge in [0.15, 0.2) is 11.5 Å². The van der Waals surface area contributed by atoms with Gasteiger partial charge in [0.25, 0.3) is 5.91 Å². The number of fused-ring (bicyclic) bond motifs is 2. The van der Waals surface area contributed by atoms with Crippen molar-refractivity contribution in [2.24, 2.45) is 0 Å². The number of nitrogens with zero attached hydrogens (tertiary/aromatic N) is 1. The van der Waals surface area contributed by atoms with Crippen LogP contribution in [0.25, 0.3) is 0 Å². The summed E-state index contributed by atoms with van der Waals surface area (Å²) in [6, 6.07) is 8.64. The van der Waals surface area contributed by atoms with Gasteiger partial charge in [-0.25, -0.2) is 0 Å². The lowest BCUT2D eigenvalue weighted by atomic mass is 10.1. The van der Waals surface area contributed by atoms with Crippen LogP contribution in [0.1, 0.15) is 21.6 Å². The number of hydrogen-bond donors (Lipinski definition) is 1. The number of pyridine rings is 1. The zero-order valence-corrected chi connectivity index (χ0v) is 12.5. The van der Waals surface area contributed by atoms with E-state index in [1.807, 2.05) is 11.0 Å². The van der Waals surface area contributed by atoms with Crippen molar-refractivity contribution in [2.75, 3.05) is 19.9 Å². The highest BCUT2D eigenvalue weighted by Crippen LogP contribution is 2.32. The number of H-pyrrole nitrogens is 1. The molecule has 4 rings (SSSR count). The third-order valence-corrected chi connectivity index (χ3v) is 4.29. The Bertz CT molecular complexity index is 828. The van der Waals surface area contributed by atoms with Gasteiger partial charge in [0, 0.05) is 36.8 Å². The van der Waals surface area contributed by atoms with Crippen LogP contribution in [0.4, 0.5) is 0 Å². The van der Waals surface area contributed by atoms with E-state index in [2.05, 4.69) is 4.98 Å². The van der Waals surface area contributed by atoms with Crippen LogP contribution in [0.3, 0.4) is 0 Å². The highest BCUT2D eigenvalue weighted by molar-refractivity contribution is 5.95. The zero-order valence-electron chi connectivity index (χ0n) is 12.5. The number of carbonyl (C=O) groups excluding carboxylic acids is 1. The molecular weight excluding hydrogens is 296 g/mol. The van der Waals surface area contributed by atoms with Gasteiger partial charge in [-0.1, -0.05) is 6.07 Å². The van der Waals surface area contributed by atoms with Crippen molar-refractivity contribution in [3.63, 3.8) is 0 Å². The highest BCUT2D eigenvalue weighted by Gasteiger charge is 2.22. The van der Waals surface area contributed by atoms with E-state index in [0.717, 1.165) is 17.7 Å². The molecule has 1 aromatic heterocycles. The fourth-order valence-corrected chi connectivity index (χ4v) is 3.03. The van der Waals surface area contributed by atoms with Crippen molar-refractivity contribution in [3.8, 4) is 11.5 Å². The van der Waals surface area contributed by atoms with Gasteiger partial charge >= 0.3 is 0 Å². The van der Waals surface area contributed by atoms with Crippen LogP contribution in [0, 0.1) is 0 Å². The Labute approximate surface area is 132 Å². The van der Waals surface area contributed by atoms with Gasteiger partial charge in [-0.2, -0.15) is 0 Å². The average Bonchev–Trinajstić information content (AvgIpc) is 2.93. The Balaban J connectivity index is 1.55. The molecule has 0 spiro atoms. The van der Waals surface area contributed by atoms with Crippen molar-refractivity contribution in [1.29, 1.82) is 0 Å². The number of carbonyl (C=O) groups is 1. The summed E-state index contributed by atoms with van der Waals surface area (Å²) in [5, 5.41) is 0. The second-order valence-electron chi connectivity index (χ2n) is 5.69. The number of aromatic nitrogens is 1. The summed E-state index contributed by atoms with van der Waals surface area (Å²) in [5.41, 5.74) is 2.53. The molecule has 0 unspecified atom stereocenters. The van der Waals surface area contributed by atoms with Crippen molar-refractivity contribution in [1.82, 2.24) is 9.88 Å². The largest absolute Gasteiger partial charge is 0.454 e. The van der Waals surface area contributed by atoms with Gasteiger partial charge in [0.05, 0.1) is 0 Å². The molecule has 3 heterocycles. The van der Waals surface area contributed by atoms with Crippen LogP contribution in [0.2, 0.25) is 0 Å². The van der Waals surface area contributed by atoms with Crippen LogP contribution in [-0.2, 0) is 12.8 Å². The third kappa shape index (κ3) is 2.56. The highest BCUT2D eigenvalue weighted by atomic mass is 16.7. The van der Waals surface area contributed by atoms with Crippen LogP contribution in [0.15, 0.2) is 35.1 Å². The molecule has 2 aliphatic heterocycles. The number of nitrogens with one attached hydrogen (secondary N) is 1. The summed E-state index contributed by atoms with van der Waals surface area (Å²) in [4.78, 5) is 28.9. The quantitative estimate of drug-likeness (QED) is 0.863. The molecule has 23 heavy (non-hydrogen) atoms. The fraction of sp³-hybridized carbons (Fsp3) is 0.294. The molecule has 2 aliphatic rings. The molecular formula is C17H16N2O4. The second kappa shape index (κ2) is 5.46. The number of amides is 1. The number of benzene rings is 1. The smallest absolute Gasteiger partial charge is 0.254 e. The molecule has 1 N–H and O–H groups in total. The van der Waals surface area contributed by atoms with E-state index < -0.39 is 0 Å². The van der Waals surface area contributed by atoms with Gasteiger partial charge in [0.1, 0.15) is 0 Å². The van der Waals surface area contributed by atoms with E-state index in [1.165, 1.54) is 6.07 Å². The Morgan fingerprint density at radius 1 is 1.04 bits per heavy atom. The maximum absolute atomic E-state index is 12.7. The normalized spacial score (nSPS) is 15.9. The molecule has 0 aliphatic carbocycles. The molecule has 0 bridgehead atoms. The van der Waals surface area contributed by atoms with E-state index in [1.54, 1.807) is 18.2 Å². The van der Waals surface area contributed by atoms with E-state index in [4.69, 9.17) is 9.47 Å². The van der Waals surface area contributed by atoms with Crippen LogP contribution in [-0.4, -0.2) is 35.7 Å². The van der Waals surface area contributed by atoms with Crippen LogP contribution in [0.5, 0.6) is 11.5 Å². The van der Waals surface area contributed by atoms with Crippen molar-refractivity contribution in [2.45, 2.75) is 12.8 Å². The maximum Gasteiger partial charge on any atom is 0.254 e. The van der Waals surface area contributed by atoms with E-state index in [9.17, 15) is 9.59 Å². The minimum Gasteiger partial charge on any atom is -0.454 e. The van der Waals surface area contributed by atoms with E-state index in [-0.39, 0.29) is 18.3 Å². The molecule has 1 amide bonds. The molecule has 0 radical (unpaired) electrons. The van der Waals surface area contributed by atoms with Gasteiger partial charge in [-0.05, 0) is 30.2 Å². The molecule has 6 heteroatoms. The fourth-order valence-electron chi connectivity index (χ4n) is 3.03. The van der Waals surface area contributed by atoms with Gasteiger partial charge in [-0.3, -0.25) is 9.59 Å². The molecule has 1 aromatic carbocycles. The van der Waals surface area contributed by atoms with Crippen LogP contribution < -0.4 is 15.0 Å². The summed E-state index contributed by atoms with van der Waals surface area (Å²) >= 11 is 0. The minimum atomic E-state index is -0.0979. The lowest BCUT2D eigenvalue weighted by Crippen LogP contribution is -2.33. The second-order valence-corrected chi connectivity index (χ2v) is 5.69. The van der Waals surface area contributed by atoms with E-state index >= 15 is 0 Å². The van der Waals surface area contributed by atoms with Crippen molar-refractivity contribution < 1.29 is 14.3 Å².